The van der Waals surface area contributed by atoms with E-state index < -0.39 is 5.97 Å². The molecule has 2 atom stereocenters. The molecule has 0 spiro atoms. The fourth-order valence-corrected chi connectivity index (χ4v) is 4.19. The van der Waals surface area contributed by atoms with Gasteiger partial charge in [-0.2, -0.15) is 5.10 Å². The van der Waals surface area contributed by atoms with Crippen LogP contribution in [0.2, 0.25) is 0 Å². The number of ether oxygens (including phenoxy) is 2. The summed E-state index contributed by atoms with van der Waals surface area (Å²) in [6.07, 6.45) is 6.01. The van der Waals surface area contributed by atoms with Crippen LogP contribution in [-0.2, 0) is 9.53 Å². The fourth-order valence-electron chi connectivity index (χ4n) is 4.19. The molecule has 1 N–H and O–H groups in total. The molecular weight excluding hydrogens is 418 g/mol. The Morgan fingerprint density at radius 2 is 1.79 bits per heavy atom. The minimum Gasteiger partial charge on any atom is -0.497 e. The van der Waals surface area contributed by atoms with Gasteiger partial charge < -0.3 is 14.8 Å². The number of methoxy groups -OCH3 is 1. The lowest BCUT2D eigenvalue weighted by Crippen LogP contribution is -2.42. The molecule has 4 rings (SSSR count). The Morgan fingerprint density at radius 1 is 1.06 bits per heavy atom. The molecule has 3 aromatic rings. The van der Waals surface area contributed by atoms with Gasteiger partial charge in [-0.3, -0.25) is 4.79 Å². The topological polar surface area (TPSA) is 82.5 Å². The summed E-state index contributed by atoms with van der Waals surface area (Å²) in [5.74, 6) is 0.279. The highest BCUT2D eigenvalue weighted by molar-refractivity contribution is 5.97. The smallest absolute Gasteiger partial charge is 0.342 e. The summed E-state index contributed by atoms with van der Waals surface area (Å²) in [4.78, 5) is 25.4. The first-order chi connectivity index (χ1) is 16.0. The Balaban J connectivity index is 1.52. The summed E-state index contributed by atoms with van der Waals surface area (Å²) in [5, 5.41) is 7.65. The molecule has 1 fully saturated rings. The third-order valence-electron chi connectivity index (χ3n) is 6.11. The number of hydrogen-bond donors (Lipinski definition) is 1. The summed E-state index contributed by atoms with van der Waals surface area (Å²) < 4.78 is 12.3. The fraction of sp³-hybridized carbons (Fsp3) is 0.346. The van der Waals surface area contributed by atoms with Gasteiger partial charge >= 0.3 is 5.97 Å². The van der Waals surface area contributed by atoms with Crippen molar-refractivity contribution in [3.05, 3.63) is 66.4 Å². The zero-order valence-corrected chi connectivity index (χ0v) is 19.0. The van der Waals surface area contributed by atoms with E-state index in [4.69, 9.17) is 9.47 Å². The van der Waals surface area contributed by atoms with Crippen LogP contribution in [0.1, 0.15) is 43.0 Å². The second kappa shape index (κ2) is 10.3. The molecule has 1 aliphatic rings. The molecule has 7 heteroatoms. The van der Waals surface area contributed by atoms with Crippen LogP contribution in [0.3, 0.4) is 0 Å². The number of esters is 1. The van der Waals surface area contributed by atoms with E-state index in [0.29, 0.717) is 22.9 Å². The summed E-state index contributed by atoms with van der Waals surface area (Å²) >= 11 is 0. The van der Waals surface area contributed by atoms with E-state index in [1.807, 2.05) is 54.6 Å². The molecule has 0 radical (unpaired) electrons. The van der Waals surface area contributed by atoms with Crippen molar-refractivity contribution in [2.24, 2.45) is 5.92 Å². The molecule has 1 aliphatic carbocycles. The minimum absolute atomic E-state index is 0.139. The number of rotatable bonds is 7. The van der Waals surface area contributed by atoms with Gasteiger partial charge in [0.1, 0.15) is 17.0 Å². The Labute approximate surface area is 193 Å². The Morgan fingerprint density at radius 3 is 2.48 bits per heavy atom. The lowest BCUT2D eigenvalue weighted by Gasteiger charge is -2.29. The van der Waals surface area contributed by atoms with Crippen LogP contribution in [0.15, 0.2) is 60.8 Å². The average Bonchev–Trinajstić information content (AvgIpc) is 3.30. The number of para-hydroxylation sites is 1. The van der Waals surface area contributed by atoms with Crippen LogP contribution in [0.25, 0.3) is 16.9 Å². The van der Waals surface area contributed by atoms with E-state index in [1.165, 1.54) is 6.42 Å². The largest absolute Gasteiger partial charge is 0.497 e. The molecule has 1 saturated carbocycles. The monoisotopic (exact) mass is 447 g/mol. The first-order valence-electron chi connectivity index (χ1n) is 11.3. The molecule has 7 nitrogen and oxygen atoms in total. The number of carbonyl (C=O) groups is 2. The van der Waals surface area contributed by atoms with E-state index in [1.54, 1.807) is 18.0 Å². The van der Waals surface area contributed by atoms with Crippen molar-refractivity contribution in [3.63, 3.8) is 0 Å². The van der Waals surface area contributed by atoms with E-state index in [9.17, 15) is 9.59 Å². The first kappa shape index (κ1) is 22.6. The van der Waals surface area contributed by atoms with Crippen molar-refractivity contribution in [1.29, 1.82) is 0 Å². The second-order valence-electron chi connectivity index (χ2n) is 8.41. The normalized spacial score (nSPS) is 17.9. The third-order valence-corrected chi connectivity index (χ3v) is 6.11. The standard InChI is InChI=1S/C26H29N3O4/c1-18-8-6-7-11-23(18)27-24(30)17-33-26(31)22-16-29(20-9-4-3-5-10-20)28-25(22)19-12-14-21(32-2)15-13-19/h3-5,9-10,12-16,18,23H,6-8,11,17H2,1-2H3,(H,27,30)/t18-,23-/m0/s1. The molecule has 1 aromatic heterocycles. The Bertz CT molecular complexity index is 1090. The highest BCUT2D eigenvalue weighted by atomic mass is 16.5. The molecule has 1 heterocycles. The minimum atomic E-state index is -0.588. The lowest BCUT2D eigenvalue weighted by atomic mass is 9.86. The summed E-state index contributed by atoms with van der Waals surface area (Å²) in [6, 6.07) is 17.0. The van der Waals surface area contributed by atoms with Crippen molar-refractivity contribution in [3.8, 4) is 22.7 Å². The van der Waals surface area contributed by atoms with Gasteiger partial charge in [0.25, 0.3) is 5.91 Å². The molecule has 0 unspecified atom stereocenters. The summed E-state index contributed by atoms with van der Waals surface area (Å²) in [6.45, 7) is 1.83. The molecule has 0 saturated heterocycles. The average molecular weight is 448 g/mol. The van der Waals surface area contributed by atoms with E-state index in [0.717, 1.165) is 30.5 Å². The molecule has 1 amide bonds. The van der Waals surface area contributed by atoms with Crippen molar-refractivity contribution in [2.75, 3.05) is 13.7 Å². The zero-order chi connectivity index (χ0) is 23.2. The number of carbonyl (C=O) groups excluding carboxylic acids is 2. The van der Waals surface area contributed by atoms with Gasteiger partial charge in [0, 0.05) is 17.8 Å². The van der Waals surface area contributed by atoms with Crippen LogP contribution < -0.4 is 10.1 Å². The van der Waals surface area contributed by atoms with Gasteiger partial charge in [-0.25, -0.2) is 9.48 Å². The third kappa shape index (κ3) is 5.42. The Kier molecular flexibility index (Phi) is 7.07. The van der Waals surface area contributed by atoms with Gasteiger partial charge in [-0.05, 0) is 55.2 Å². The van der Waals surface area contributed by atoms with Crippen molar-refractivity contribution < 1.29 is 19.1 Å². The van der Waals surface area contributed by atoms with Gasteiger partial charge in [0.15, 0.2) is 6.61 Å². The first-order valence-corrected chi connectivity index (χ1v) is 11.3. The maximum atomic E-state index is 13.0. The lowest BCUT2D eigenvalue weighted by molar-refractivity contribution is -0.125. The molecule has 0 aliphatic heterocycles. The SMILES string of the molecule is COc1ccc(-c2nn(-c3ccccc3)cc2C(=O)OCC(=O)N[C@H]2CCCC[C@@H]2C)cc1. The van der Waals surface area contributed by atoms with Crippen LogP contribution in [0.5, 0.6) is 5.75 Å². The number of nitrogens with one attached hydrogen (secondary N) is 1. The molecule has 172 valence electrons. The number of benzene rings is 2. The van der Waals surface area contributed by atoms with Crippen LogP contribution in [0.4, 0.5) is 0 Å². The van der Waals surface area contributed by atoms with Crippen LogP contribution in [-0.4, -0.2) is 41.4 Å². The van der Waals surface area contributed by atoms with Crippen LogP contribution >= 0.6 is 0 Å². The van der Waals surface area contributed by atoms with Crippen molar-refractivity contribution in [1.82, 2.24) is 15.1 Å². The molecule has 2 aromatic carbocycles. The zero-order valence-electron chi connectivity index (χ0n) is 19.0. The van der Waals surface area contributed by atoms with Crippen LogP contribution in [0, 0.1) is 5.92 Å². The Hall–Kier alpha value is -3.61. The predicted molar refractivity (Wildman–Crippen MR) is 125 cm³/mol. The van der Waals surface area contributed by atoms with Gasteiger partial charge in [0.2, 0.25) is 0 Å². The quantitative estimate of drug-likeness (QED) is 0.543. The van der Waals surface area contributed by atoms with E-state index >= 15 is 0 Å². The van der Waals surface area contributed by atoms with E-state index in [-0.39, 0.29) is 18.6 Å². The van der Waals surface area contributed by atoms with Gasteiger partial charge in [-0.15, -0.1) is 0 Å². The summed E-state index contributed by atoms with van der Waals surface area (Å²) in [7, 11) is 1.60. The van der Waals surface area contributed by atoms with Gasteiger partial charge in [-0.1, -0.05) is 38.0 Å². The predicted octanol–water partition coefficient (Wildman–Crippen LogP) is 4.40. The second-order valence-corrected chi connectivity index (χ2v) is 8.41. The maximum Gasteiger partial charge on any atom is 0.342 e. The highest BCUT2D eigenvalue weighted by Gasteiger charge is 2.24. The van der Waals surface area contributed by atoms with Crippen molar-refractivity contribution in [2.45, 2.75) is 38.6 Å². The number of aromatic nitrogens is 2. The van der Waals surface area contributed by atoms with Crippen molar-refractivity contribution >= 4 is 11.9 Å². The number of nitrogens with zero attached hydrogens (tertiary/aromatic N) is 2. The summed E-state index contributed by atoms with van der Waals surface area (Å²) in [5.41, 5.74) is 2.34. The highest BCUT2D eigenvalue weighted by Crippen LogP contribution is 2.27. The molecule has 0 bridgehead atoms. The molecular formula is C26H29N3O4. The number of amides is 1. The maximum absolute atomic E-state index is 13.0. The van der Waals surface area contributed by atoms with E-state index in [2.05, 4.69) is 17.3 Å². The van der Waals surface area contributed by atoms with Gasteiger partial charge in [0.05, 0.1) is 12.8 Å². The number of hydrogen-bond acceptors (Lipinski definition) is 5. The molecule has 33 heavy (non-hydrogen) atoms.